The van der Waals surface area contributed by atoms with E-state index in [2.05, 4.69) is 27.4 Å². The zero-order chi connectivity index (χ0) is 14.2. The molecule has 7 nitrogen and oxygen atoms in total. The highest BCUT2D eigenvalue weighted by molar-refractivity contribution is 5.85. The van der Waals surface area contributed by atoms with Gasteiger partial charge in [0.15, 0.2) is 17.3 Å². The summed E-state index contributed by atoms with van der Waals surface area (Å²) in [5.74, 6) is 2.66. The zero-order valence-electron chi connectivity index (χ0n) is 12.1. The summed E-state index contributed by atoms with van der Waals surface area (Å²) in [6.07, 6.45) is 0. The molecule has 1 N–H and O–H groups in total. The van der Waals surface area contributed by atoms with Crippen LogP contribution in [0.3, 0.4) is 0 Å². The molecular weight excluding hydrogens is 308 g/mol. The third-order valence-corrected chi connectivity index (χ3v) is 3.87. The van der Waals surface area contributed by atoms with E-state index in [0.717, 1.165) is 30.9 Å². The smallest absolute Gasteiger partial charge is 0.258 e. The second kappa shape index (κ2) is 6.12. The van der Waals surface area contributed by atoms with Crippen molar-refractivity contribution < 1.29 is 14.0 Å². The molecule has 0 bridgehead atoms. The molecule has 118 valence electrons. The molecule has 4 rings (SSSR count). The average molecular weight is 325 g/mol. The van der Waals surface area contributed by atoms with Crippen molar-refractivity contribution in [3.63, 3.8) is 0 Å². The summed E-state index contributed by atoms with van der Waals surface area (Å²) in [4.78, 5) is 6.75. The van der Waals surface area contributed by atoms with Crippen molar-refractivity contribution in [3.8, 4) is 23.0 Å². The summed E-state index contributed by atoms with van der Waals surface area (Å²) in [7, 11) is 2.07. The predicted octanol–water partition coefficient (Wildman–Crippen LogP) is 1.46. The molecule has 2 aromatic rings. The molecule has 0 amide bonds. The SMILES string of the molecule is CN1CCNCC1c1noc(-c2ccc3c(c2)OCO3)n1.Cl. The fraction of sp³-hybridized carbons (Fsp3) is 0.429. The Balaban J connectivity index is 0.00000144. The fourth-order valence-corrected chi connectivity index (χ4v) is 2.61. The van der Waals surface area contributed by atoms with Gasteiger partial charge < -0.3 is 19.3 Å². The lowest BCUT2D eigenvalue weighted by Crippen LogP contribution is -2.44. The summed E-state index contributed by atoms with van der Waals surface area (Å²) < 4.78 is 16.1. The predicted molar refractivity (Wildman–Crippen MR) is 81.3 cm³/mol. The van der Waals surface area contributed by atoms with Gasteiger partial charge in [-0.1, -0.05) is 5.16 Å². The maximum Gasteiger partial charge on any atom is 0.258 e. The summed E-state index contributed by atoms with van der Waals surface area (Å²) in [5.41, 5.74) is 0.837. The summed E-state index contributed by atoms with van der Waals surface area (Å²) >= 11 is 0. The van der Waals surface area contributed by atoms with Crippen LogP contribution in [0.15, 0.2) is 22.7 Å². The van der Waals surface area contributed by atoms with Gasteiger partial charge in [-0.3, -0.25) is 4.90 Å². The highest BCUT2D eigenvalue weighted by Crippen LogP contribution is 2.35. The van der Waals surface area contributed by atoms with Gasteiger partial charge >= 0.3 is 0 Å². The monoisotopic (exact) mass is 324 g/mol. The lowest BCUT2D eigenvalue weighted by molar-refractivity contribution is 0.174. The molecule has 2 aliphatic rings. The molecular formula is C14H17ClN4O3. The van der Waals surface area contributed by atoms with E-state index in [4.69, 9.17) is 14.0 Å². The Bertz CT molecular complexity index is 663. The van der Waals surface area contributed by atoms with E-state index in [1.165, 1.54) is 0 Å². The molecule has 1 atom stereocenters. The molecule has 22 heavy (non-hydrogen) atoms. The Kier molecular flexibility index (Phi) is 4.19. The normalized spacial score (nSPS) is 20.7. The van der Waals surface area contributed by atoms with Crippen LogP contribution in [-0.2, 0) is 0 Å². The first-order valence-corrected chi connectivity index (χ1v) is 6.96. The zero-order valence-corrected chi connectivity index (χ0v) is 12.9. The second-order valence-corrected chi connectivity index (χ2v) is 5.23. The molecule has 1 fully saturated rings. The largest absolute Gasteiger partial charge is 0.454 e. The van der Waals surface area contributed by atoms with E-state index in [1.807, 2.05) is 18.2 Å². The van der Waals surface area contributed by atoms with Gasteiger partial charge in [-0.25, -0.2) is 0 Å². The second-order valence-electron chi connectivity index (χ2n) is 5.23. The number of halogens is 1. The van der Waals surface area contributed by atoms with E-state index >= 15 is 0 Å². The minimum Gasteiger partial charge on any atom is -0.454 e. The van der Waals surface area contributed by atoms with Crippen molar-refractivity contribution >= 4 is 12.4 Å². The first-order chi connectivity index (χ1) is 10.3. The molecule has 0 spiro atoms. The molecule has 1 unspecified atom stereocenters. The number of fused-ring (bicyclic) bond motifs is 1. The van der Waals surface area contributed by atoms with Gasteiger partial charge in [0.25, 0.3) is 5.89 Å². The highest BCUT2D eigenvalue weighted by Gasteiger charge is 2.26. The van der Waals surface area contributed by atoms with Crippen LogP contribution in [0.5, 0.6) is 11.5 Å². The number of benzene rings is 1. The summed E-state index contributed by atoms with van der Waals surface area (Å²) in [6.45, 7) is 3.04. The number of ether oxygens (including phenoxy) is 2. The van der Waals surface area contributed by atoms with Crippen molar-refractivity contribution in [3.05, 3.63) is 24.0 Å². The highest BCUT2D eigenvalue weighted by atomic mass is 35.5. The van der Waals surface area contributed by atoms with Crippen LogP contribution < -0.4 is 14.8 Å². The lowest BCUT2D eigenvalue weighted by atomic mass is 10.2. The number of rotatable bonds is 2. The van der Waals surface area contributed by atoms with E-state index < -0.39 is 0 Å². The van der Waals surface area contributed by atoms with Gasteiger partial charge in [0.2, 0.25) is 6.79 Å². The summed E-state index contributed by atoms with van der Waals surface area (Å²) in [6, 6.07) is 5.76. The number of aromatic nitrogens is 2. The quantitative estimate of drug-likeness (QED) is 0.896. The maximum absolute atomic E-state index is 5.40. The van der Waals surface area contributed by atoms with Crippen LogP contribution >= 0.6 is 12.4 Å². The maximum atomic E-state index is 5.40. The Labute approximate surface area is 134 Å². The number of hydrogen-bond acceptors (Lipinski definition) is 7. The lowest BCUT2D eigenvalue weighted by Gasteiger charge is -2.30. The van der Waals surface area contributed by atoms with Crippen molar-refractivity contribution in [2.24, 2.45) is 0 Å². The number of piperazine rings is 1. The molecule has 2 aliphatic heterocycles. The van der Waals surface area contributed by atoms with Crippen molar-refractivity contribution in [2.45, 2.75) is 6.04 Å². The number of hydrogen-bond donors (Lipinski definition) is 1. The van der Waals surface area contributed by atoms with Crippen molar-refractivity contribution in [1.82, 2.24) is 20.4 Å². The molecule has 3 heterocycles. The standard InChI is InChI=1S/C14H16N4O3.ClH/c1-18-5-4-15-7-10(18)13-16-14(21-17-13)9-2-3-11-12(6-9)20-8-19-11;/h2-3,6,10,15H,4-5,7-8H2,1H3;1H. The first-order valence-electron chi connectivity index (χ1n) is 6.96. The van der Waals surface area contributed by atoms with Crippen molar-refractivity contribution in [2.75, 3.05) is 33.5 Å². The van der Waals surface area contributed by atoms with E-state index in [-0.39, 0.29) is 25.2 Å². The van der Waals surface area contributed by atoms with Gasteiger partial charge in [-0.15, -0.1) is 12.4 Å². The fourth-order valence-electron chi connectivity index (χ4n) is 2.61. The molecule has 0 aliphatic carbocycles. The van der Waals surface area contributed by atoms with Gasteiger partial charge in [-0.05, 0) is 25.2 Å². The molecule has 8 heteroatoms. The molecule has 0 saturated carbocycles. The van der Waals surface area contributed by atoms with Crippen LogP contribution in [-0.4, -0.2) is 48.5 Å². The topological polar surface area (TPSA) is 72.7 Å². The molecule has 1 saturated heterocycles. The first kappa shape index (κ1) is 15.1. The number of likely N-dealkylation sites (N-methyl/N-ethyl adjacent to an activating group) is 1. The van der Waals surface area contributed by atoms with Crippen LogP contribution in [0, 0.1) is 0 Å². The molecule has 1 aromatic heterocycles. The van der Waals surface area contributed by atoms with Crippen LogP contribution in [0.4, 0.5) is 0 Å². The van der Waals surface area contributed by atoms with Gasteiger partial charge in [0.05, 0.1) is 6.04 Å². The molecule has 0 radical (unpaired) electrons. The Hall–Kier alpha value is -1.83. The summed E-state index contributed by atoms with van der Waals surface area (Å²) in [5, 5.41) is 7.47. The van der Waals surface area contributed by atoms with Gasteiger partial charge in [-0.2, -0.15) is 4.98 Å². The van der Waals surface area contributed by atoms with Gasteiger partial charge in [0, 0.05) is 25.2 Å². The van der Waals surface area contributed by atoms with Crippen molar-refractivity contribution in [1.29, 1.82) is 0 Å². The van der Waals surface area contributed by atoms with Crippen LogP contribution in [0.25, 0.3) is 11.5 Å². The molecule has 1 aromatic carbocycles. The average Bonchev–Trinajstić information content (AvgIpc) is 3.16. The van der Waals surface area contributed by atoms with Crippen LogP contribution in [0.1, 0.15) is 11.9 Å². The Morgan fingerprint density at radius 1 is 1.27 bits per heavy atom. The van der Waals surface area contributed by atoms with Crippen LogP contribution in [0.2, 0.25) is 0 Å². The minimum atomic E-state index is 0. The van der Waals surface area contributed by atoms with E-state index in [9.17, 15) is 0 Å². The Morgan fingerprint density at radius 3 is 3.00 bits per heavy atom. The van der Waals surface area contributed by atoms with E-state index in [0.29, 0.717) is 17.5 Å². The third kappa shape index (κ3) is 2.63. The van der Waals surface area contributed by atoms with E-state index in [1.54, 1.807) is 0 Å². The minimum absolute atomic E-state index is 0. The third-order valence-electron chi connectivity index (χ3n) is 3.87. The number of nitrogens with one attached hydrogen (secondary N) is 1. The van der Waals surface area contributed by atoms with Gasteiger partial charge in [0.1, 0.15) is 0 Å². The Morgan fingerprint density at radius 2 is 2.14 bits per heavy atom. The number of nitrogens with zero attached hydrogens (tertiary/aromatic N) is 3.